The van der Waals surface area contributed by atoms with E-state index in [1.54, 1.807) is 18.5 Å². The van der Waals surface area contributed by atoms with Gasteiger partial charge in [-0.1, -0.05) is 12.0 Å². The molecule has 17 nitrogen and oxygen atoms in total. The lowest BCUT2D eigenvalue weighted by Crippen LogP contribution is -2.52. The minimum absolute atomic E-state index is 0.0153. The SMILES string of the molecule is C#Cc1c(F)ccc2cc(O)cc(-c3ncc4c(N5CCC[C@@](C)(O)C5)nc(OCC5(CN6CCN(CCN7CCN(c8ccc9c(c8)n(C)c(=O)n9C8CCC(=O)NC8=O)CC7)CC6)CC5)nc4c3F)c12. The maximum Gasteiger partial charge on any atom is 0.329 e. The first-order valence-corrected chi connectivity index (χ1v) is 25.0. The number of β-amino-alcohol motifs (C(OH)–C–C–N with tert-alkyl or cyclic N) is 1. The van der Waals surface area contributed by atoms with Gasteiger partial charge < -0.3 is 29.6 Å². The standard InChI is InChI=1S/C53H59F2N11O6/c1-4-36-39(54)8-6-33-26-35(67)28-37(44(33)36)46-45(55)47-38(29-56-46)48(65-15-5-12-52(2,71)30-65)59-50(58-47)72-32-53(13-14-53)31-63-20-18-61(19-21-63)16-17-62-22-24-64(25-23-62)34-7-9-40-42(27-34)60(3)51(70)66(40)41-10-11-43(68)57-49(41)69/h1,6-9,26-29,41,67,71H,5,10-25,30-32H2,2-3H3,(H,57,68,69)/t41?,52-/m1/s1. The second-order valence-electron chi connectivity index (χ2n) is 20.8. The third kappa shape index (κ3) is 9.09. The number of aromatic nitrogens is 5. The van der Waals surface area contributed by atoms with Gasteiger partial charge in [-0.25, -0.2) is 13.6 Å². The fourth-order valence-corrected chi connectivity index (χ4v) is 11.3. The highest BCUT2D eigenvalue weighted by molar-refractivity contribution is 6.03. The molecule has 5 fully saturated rings. The fraction of sp³-hybridized carbons (Fsp3) is 0.472. The normalized spacial score (nSPS) is 22.2. The van der Waals surface area contributed by atoms with Crippen molar-refractivity contribution in [1.29, 1.82) is 0 Å². The lowest BCUT2D eigenvalue weighted by atomic mass is 9.94. The molecule has 11 rings (SSSR count). The van der Waals surface area contributed by atoms with Gasteiger partial charge in [0.1, 0.15) is 34.6 Å². The second-order valence-corrected chi connectivity index (χ2v) is 20.8. The van der Waals surface area contributed by atoms with Crippen molar-refractivity contribution in [3.63, 3.8) is 0 Å². The average molecular weight is 984 g/mol. The zero-order chi connectivity index (χ0) is 50.1. The molecule has 4 aliphatic heterocycles. The Kier molecular flexibility index (Phi) is 12.4. The number of carbonyl (C=O) groups excluding carboxylic acids is 2. The van der Waals surface area contributed by atoms with Gasteiger partial charge in [0.25, 0.3) is 0 Å². The molecule has 3 aromatic carbocycles. The van der Waals surface area contributed by atoms with Crippen molar-refractivity contribution in [2.24, 2.45) is 12.5 Å². The number of nitrogens with zero attached hydrogens (tertiary/aromatic N) is 10. The number of nitrogens with one attached hydrogen (secondary N) is 1. The molecular formula is C53H59F2N11O6. The van der Waals surface area contributed by atoms with Gasteiger partial charge >= 0.3 is 11.7 Å². The summed E-state index contributed by atoms with van der Waals surface area (Å²) < 4.78 is 41.6. The number of pyridine rings is 1. The summed E-state index contributed by atoms with van der Waals surface area (Å²) in [6.45, 7) is 13.2. The Bertz CT molecular complexity index is 3240. The number of carbonyl (C=O) groups is 2. The number of aliphatic hydroxyl groups is 1. The third-order valence-corrected chi connectivity index (χ3v) is 15.6. The van der Waals surface area contributed by atoms with Crippen LogP contribution in [0, 0.1) is 29.4 Å². The van der Waals surface area contributed by atoms with E-state index in [-0.39, 0.29) is 69.5 Å². The van der Waals surface area contributed by atoms with E-state index in [0.717, 1.165) is 96.0 Å². The molecule has 6 aromatic rings. The van der Waals surface area contributed by atoms with Crippen LogP contribution in [0.3, 0.4) is 0 Å². The van der Waals surface area contributed by atoms with Crippen LogP contribution in [0.25, 0.3) is 44.0 Å². The Morgan fingerprint density at radius 2 is 1.62 bits per heavy atom. The summed E-state index contributed by atoms with van der Waals surface area (Å²) in [5.74, 6) is 0.433. The van der Waals surface area contributed by atoms with E-state index < -0.39 is 29.2 Å². The Morgan fingerprint density at radius 3 is 2.33 bits per heavy atom. The number of rotatable bonds is 12. The van der Waals surface area contributed by atoms with E-state index >= 15 is 8.78 Å². The van der Waals surface area contributed by atoms with Crippen LogP contribution in [0.5, 0.6) is 11.8 Å². The van der Waals surface area contributed by atoms with Crippen molar-refractivity contribution >= 4 is 56.0 Å². The number of hydrogen-bond donors (Lipinski definition) is 3. The molecule has 0 radical (unpaired) electrons. The zero-order valence-corrected chi connectivity index (χ0v) is 40.7. The molecule has 4 saturated heterocycles. The van der Waals surface area contributed by atoms with E-state index in [2.05, 4.69) is 40.8 Å². The smallest absolute Gasteiger partial charge is 0.329 e. The number of halogens is 2. The van der Waals surface area contributed by atoms with E-state index in [9.17, 15) is 24.6 Å². The van der Waals surface area contributed by atoms with E-state index in [1.807, 2.05) is 23.1 Å². The van der Waals surface area contributed by atoms with Gasteiger partial charge in [-0.3, -0.25) is 38.8 Å². The van der Waals surface area contributed by atoms with Crippen molar-refractivity contribution in [2.45, 2.75) is 57.1 Å². The number of phenols is 1. The first kappa shape index (κ1) is 47.6. The molecule has 3 N–H and O–H groups in total. The highest BCUT2D eigenvalue weighted by Gasteiger charge is 2.45. The monoisotopic (exact) mass is 983 g/mol. The van der Waals surface area contributed by atoms with Crippen molar-refractivity contribution in [1.82, 2.24) is 44.1 Å². The molecule has 1 unspecified atom stereocenters. The summed E-state index contributed by atoms with van der Waals surface area (Å²) in [5, 5.41) is 25.1. The van der Waals surface area contributed by atoms with Crippen molar-refractivity contribution in [2.75, 3.05) is 101 Å². The van der Waals surface area contributed by atoms with Gasteiger partial charge in [-0.15, -0.1) is 6.42 Å². The summed E-state index contributed by atoms with van der Waals surface area (Å²) in [7, 11) is 1.72. The molecule has 2 atom stereocenters. The van der Waals surface area contributed by atoms with E-state index in [0.29, 0.717) is 54.5 Å². The molecular weight excluding hydrogens is 925 g/mol. The average Bonchev–Trinajstić information content (AvgIpc) is 4.09. The van der Waals surface area contributed by atoms with Crippen molar-refractivity contribution in [3.05, 3.63) is 76.3 Å². The van der Waals surface area contributed by atoms with E-state index in [4.69, 9.17) is 16.1 Å². The minimum atomic E-state index is -0.988. The predicted octanol–water partition coefficient (Wildman–Crippen LogP) is 4.39. The number of imide groups is 1. The minimum Gasteiger partial charge on any atom is -0.508 e. The third-order valence-electron chi connectivity index (χ3n) is 15.6. The number of benzene rings is 3. The Morgan fingerprint density at radius 1 is 0.889 bits per heavy atom. The summed E-state index contributed by atoms with van der Waals surface area (Å²) >= 11 is 0. The lowest BCUT2D eigenvalue weighted by Gasteiger charge is -2.39. The number of phenolic OH excluding ortho intramolecular Hbond substituents is 1. The van der Waals surface area contributed by atoms with Crippen LogP contribution in [0.1, 0.15) is 57.1 Å². The maximum absolute atomic E-state index is 17.1. The molecule has 1 aliphatic carbocycles. The Hall–Kier alpha value is -6.72. The number of aromatic hydroxyl groups is 1. The van der Waals surface area contributed by atoms with Crippen LogP contribution in [-0.4, -0.2) is 158 Å². The van der Waals surface area contributed by atoms with Crippen LogP contribution in [0.2, 0.25) is 0 Å². The van der Waals surface area contributed by atoms with Crippen LogP contribution < -0.4 is 25.5 Å². The predicted molar refractivity (Wildman–Crippen MR) is 269 cm³/mol. The highest BCUT2D eigenvalue weighted by atomic mass is 19.1. The van der Waals surface area contributed by atoms with Gasteiger partial charge in [-0.2, -0.15) is 9.97 Å². The number of aryl methyl sites for hydroxylation is 1. The number of imidazole rings is 1. The van der Waals surface area contributed by atoms with E-state index in [1.165, 1.54) is 35.0 Å². The number of anilines is 2. The van der Waals surface area contributed by atoms with Gasteiger partial charge in [-0.05, 0) is 80.8 Å². The van der Waals surface area contributed by atoms with Crippen LogP contribution in [0.15, 0.2) is 53.5 Å². The van der Waals surface area contributed by atoms with Crippen LogP contribution in [0.4, 0.5) is 20.3 Å². The number of amides is 2. The molecule has 1 saturated carbocycles. The molecule has 7 heterocycles. The van der Waals surface area contributed by atoms with Gasteiger partial charge in [0.2, 0.25) is 11.8 Å². The lowest BCUT2D eigenvalue weighted by molar-refractivity contribution is -0.135. The van der Waals surface area contributed by atoms with Crippen LogP contribution >= 0.6 is 0 Å². The topological polar surface area (TPSA) is 178 Å². The largest absolute Gasteiger partial charge is 0.508 e. The quantitative estimate of drug-likeness (QED) is 0.116. The van der Waals surface area contributed by atoms with Gasteiger partial charge in [0.05, 0.1) is 34.2 Å². The molecule has 0 spiro atoms. The number of ether oxygens (including phenoxy) is 1. The highest BCUT2D eigenvalue weighted by Crippen LogP contribution is 2.47. The zero-order valence-electron chi connectivity index (χ0n) is 40.7. The number of piperidine rings is 2. The van der Waals surface area contributed by atoms with Gasteiger partial charge in [0, 0.05) is 127 Å². The number of piperazine rings is 2. The number of terminal acetylenes is 1. The summed E-state index contributed by atoms with van der Waals surface area (Å²) in [6.07, 6.45) is 11.0. The molecule has 5 aliphatic rings. The first-order chi connectivity index (χ1) is 34.7. The molecule has 3 aromatic heterocycles. The first-order valence-electron chi connectivity index (χ1n) is 25.0. The Balaban J connectivity index is 0.716. The second kappa shape index (κ2) is 18.7. The van der Waals surface area contributed by atoms with Crippen molar-refractivity contribution in [3.8, 4) is 35.4 Å². The molecule has 2 amide bonds. The number of hydrogen-bond acceptors (Lipinski definition) is 14. The maximum atomic E-state index is 17.1. The fourth-order valence-electron chi connectivity index (χ4n) is 11.3. The molecule has 0 bridgehead atoms. The summed E-state index contributed by atoms with van der Waals surface area (Å²) in [6, 6.07) is 10.7. The molecule has 19 heteroatoms. The Labute approximate surface area is 415 Å². The van der Waals surface area contributed by atoms with Gasteiger partial charge in [0.15, 0.2) is 5.82 Å². The molecule has 376 valence electrons. The molecule has 72 heavy (non-hydrogen) atoms. The number of fused-ring (bicyclic) bond motifs is 3. The van der Waals surface area contributed by atoms with Crippen molar-refractivity contribution < 1.29 is 33.3 Å². The summed E-state index contributed by atoms with van der Waals surface area (Å²) in [5.41, 5.74) is 0.983. The van der Waals surface area contributed by atoms with Crippen LogP contribution in [-0.2, 0) is 16.6 Å². The summed E-state index contributed by atoms with van der Waals surface area (Å²) in [4.78, 5) is 63.5.